The summed E-state index contributed by atoms with van der Waals surface area (Å²) in [6.45, 7) is 0. The Kier molecular flexibility index (Phi) is 4.81. The first-order valence-corrected chi connectivity index (χ1v) is 10.0. The fourth-order valence-corrected chi connectivity index (χ4v) is 4.15. The standard InChI is InChI=1S/C28H22O/c1-5-13-21(14-6-1)25-26(22-15-7-2-8-16-22)28(24-19-11-4-12-20-24)29-27(25)23-17-9-3-10-18-23/h1-20,27-28H. The van der Waals surface area contributed by atoms with Crippen molar-refractivity contribution in [2.75, 3.05) is 0 Å². The summed E-state index contributed by atoms with van der Waals surface area (Å²) in [5.74, 6) is 0. The average Bonchev–Trinajstić information content (AvgIpc) is 3.22. The molecular formula is C28H22O. The van der Waals surface area contributed by atoms with Gasteiger partial charge in [0, 0.05) is 0 Å². The summed E-state index contributed by atoms with van der Waals surface area (Å²) < 4.78 is 6.79. The molecule has 0 amide bonds. The normalized spacial score (nSPS) is 18.8. The molecule has 0 radical (unpaired) electrons. The van der Waals surface area contributed by atoms with E-state index in [0.717, 1.165) is 0 Å². The minimum Gasteiger partial charge on any atom is -0.356 e. The largest absolute Gasteiger partial charge is 0.356 e. The number of benzene rings is 4. The highest BCUT2D eigenvalue weighted by molar-refractivity contribution is 5.97. The topological polar surface area (TPSA) is 9.23 Å². The molecule has 1 aliphatic heterocycles. The fourth-order valence-electron chi connectivity index (χ4n) is 4.15. The zero-order valence-corrected chi connectivity index (χ0v) is 16.1. The van der Waals surface area contributed by atoms with E-state index in [1.807, 2.05) is 0 Å². The molecule has 1 nitrogen and oxygen atoms in total. The quantitative estimate of drug-likeness (QED) is 0.370. The second kappa shape index (κ2) is 7.90. The highest BCUT2D eigenvalue weighted by atomic mass is 16.5. The molecule has 4 aromatic carbocycles. The molecule has 0 spiro atoms. The fraction of sp³-hybridized carbons (Fsp3) is 0.0714. The van der Waals surface area contributed by atoms with Crippen LogP contribution in [0.25, 0.3) is 11.1 Å². The molecule has 0 saturated carbocycles. The molecule has 0 aromatic heterocycles. The SMILES string of the molecule is c1ccc(C2=C(c3ccccc3)C(c3ccccc3)OC2c2ccccc2)cc1. The Morgan fingerprint density at radius 2 is 0.690 bits per heavy atom. The van der Waals surface area contributed by atoms with Crippen molar-refractivity contribution in [2.24, 2.45) is 0 Å². The maximum Gasteiger partial charge on any atom is 0.110 e. The van der Waals surface area contributed by atoms with E-state index in [9.17, 15) is 0 Å². The first-order valence-electron chi connectivity index (χ1n) is 10.0. The maximum absolute atomic E-state index is 6.79. The molecule has 4 aromatic rings. The lowest BCUT2D eigenvalue weighted by atomic mass is 9.87. The number of rotatable bonds is 4. The van der Waals surface area contributed by atoms with Crippen LogP contribution < -0.4 is 0 Å². The minimum atomic E-state index is -0.112. The van der Waals surface area contributed by atoms with Crippen molar-refractivity contribution in [3.05, 3.63) is 144 Å². The highest BCUT2D eigenvalue weighted by Crippen LogP contribution is 2.53. The van der Waals surface area contributed by atoms with Crippen LogP contribution in [0.3, 0.4) is 0 Å². The lowest BCUT2D eigenvalue weighted by molar-refractivity contribution is 0.0680. The molecule has 1 heteroatoms. The van der Waals surface area contributed by atoms with E-state index in [4.69, 9.17) is 4.74 Å². The zero-order chi connectivity index (χ0) is 19.5. The summed E-state index contributed by atoms with van der Waals surface area (Å²) >= 11 is 0. The number of ether oxygens (including phenoxy) is 1. The highest BCUT2D eigenvalue weighted by Gasteiger charge is 2.37. The van der Waals surface area contributed by atoms with Gasteiger partial charge in [-0.15, -0.1) is 0 Å². The van der Waals surface area contributed by atoms with E-state index >= 15 is 0 Å². The van der Waals surface area contributed by atoms with E-state index in [2.05, 4.69) is 121 Å². The molecule has 5 rings (SSSR count). The van der Waals surface area contributed by atoms with Crippen molar-refractivity contribution in [2.45, 2.75) is 12.2 Å². The van der Waals surface area contributed by atoms with Crippen LogP contribution in [0.4, 0.5) is 0 Å². The summed E-state index contributed by atoms with van der Waals surface area (Å²) in [5, 5.41) is 0. The van der Waals surface area contributed by atoms with Crippen molar-refractivity contribution < 1.29 is 4.74 Å². The molecule has 2 atom stereocenters. The van der Waals surface area contributed by atoms with Gasteiger partial charge in [-0.05, 0) is 33.4 Å². The van der Waals surface area contributed by atoms with Gasteiger partial charge in [0.15, 0.2) is 0 Å². The molecule has 1 heterocycles. The third-order valence-corrected chi connectivity index (χ3v) is 5.46. The van der Waals surface area contributed by atoms with Crippen LogP contribution in [0.5, 0.6) is 0 Å². The molecule has 29 heavy (non-hydrogen) atoms. The first-order chi connectivity index (χ1) is 14.4. The van der Waals surface area contributed by atoms with Crippen molar-refractivity contribution in [3.63, 3.8) is 0 Å². The van der Waals surface area contributed by atoms with Crippen LogP contribution >= 0.6 is 0 Å². The Morgan fingerprint density at radius 1 is 0.379 bits per heavy atom. The molecule has 0 saturated heterocycles. The van der Waals surface area contributed by atoms with E-state index < -0.39 is 0 Å². The van der Waals surface area contributed by atoms with E-state index in [1.165, 1.54) is 33.4 Å². The second-order valence-electron chi connectivity index (χ2n) is 7.28. The molecule has 2 unspecified atom stereocenters. The molecule has 0 bridgehead atoms. The first kappa shape index (κ1) is 17.7. The third-order valence-electron chi connectivity index (χ3n) is 5.46. The Balaban J connectivity index is 1.77. The van der Waals surface area contributed by atoms with Gasteiger partial charge in [0.1, 0.15) is 12.2 Å². The van der Waals surface area contributed by atoms with Crippen molar-refractivity contribution in [3.8, 4) is 0 Å². The van der Waals surface area contributed by atoms with Crippen LogP contribution in [-0.2, 0) is 4.74 Å². The van der Waals surface area contributed by atoms with Gasteiger partial charge in [-0.25, -0.2) is 0 Å². The summed E-state index contributed by atoms with van der Waals surface area (Å²) in [7, 11) is 0. The van der Waals surface area contributed by atoms with E-state index in [1.54, 1.807) is 0 Å². The Hall–Kier alpha value is -3.42. The van der Waals surface area contributed by atoms with Crippen LogP contribution in [0.1, 0.15) is 34.5 Å². The number of hydrogen-bond donors (Lipinski definition) is 0. The monoisotopic (exact) mass is 374 g/mol. The summed E-state index contributed by atoms with van der Waals surface area (Å²) in [6, 6.07) is 42.3. The van der Waals surface area contributed by atoms with Gasteiger partial charge in [0.25, 0.3) is 0 Å². The van der Waals surface area contributed by atoms with Crippen LogP contribution in [0, 0.1) is 0 Å². The number of hydrogen-bond acceptors (Lipinski definition) is 1. The summed E-state index contributed by atoms with van der Waals surface area (Å²) in [5.41, 5.74) is 7.27. The second-order valence-corrected chi connectivity index (χ2v) is 7.28. The average molecular weight is 374 g/mol. The van der Waals surface area contributed by atoms with Gasteiger partial charge >= 0.3 is 0 Å². The van der Waals surface area contributed by atoms with Crippen LogP contribution in [-0.4, -0.2) is 0 Å². The lowest BCUT2D eigenvalue weighted by Crippen LogP contribution is -2.03. The summed E-state index contributed by atoms with van der Waals surface area (Å²) in [6.07, 6.45) is -0.224. The lowest BCUT2D eigenvalue weighted by Gasteiger charge is -2.18. The van der Waals surface area contributed by atoms with Gasteiger partial charge < -0.3 is 4.74 Å². The van der Waals surface area contributed by atoms with E-state index in [-0.39, 0.29) is 12.2 Å². The molecule has 140 valence electrons. The van der Waals surface area contributed by atoms with Gasteiger partial charge in [0.2, 0.25) is 0 Å². The van der Waals surface area contributed by atoms with Crippen LogP contribution in [0.15, 0.2) is 121 Å². The van der Waals surface area contributed by atoms with Crippen molar-refractivity contribution in [1.29, 1.82) is 0 Å². The van der Waals surface area contributed by atoms with Crippen LogP contribution in [0.2, 0.25) is 0 Å². The zero-order valence-electron chi connectivity index (χ0n) is 16.1. The Labute approximate surface area is 171 Å². The summed E-state index contributed by atoms with van der Waals surface area (Å²) in [4.78, 5) is 0. The Bertz CT molecular complexity index is 1010. The predicted octanol–water partition coefficient (Wildman–Crippen LogP) is 7.11. The molecule has 0 fully saturated rings. The Morgan fingerprint density at radius 3 is 1.03 bits per heavy atom. The molecule has 1 aliphatic rings. The van der Waals surface area contributed by atoms with Gasteiger partial charge in [0.05, 0.1) is 0 Å². The molecule has 0 aliphatic carbocycles. The van der Waals surface area contributed by atoms with Gasteiger partial charge in [-0.2, -0.15) is 0 Å². The van der Waals surface area contributed by atoms with Gasteiger partial charge in [-0.3, -0.25) is 0 Å². The third kappa shape index (κ3) is 3.41. The van der Waals surface area contributed by atoms with Crippen molar-refractivity contribution >= 4 is 11.1 Å². The minimum absolute atomic E-state index is 0.112. The van der Waals surface area contributed by atoms with Gasteiger partial charge in [-0.1, -0.05) is 121 Å². The maximum atomic E-state index is 6.79. The predicted molar refractivity (Wildman–Crippen MR) is 119 cm³/mol. The smallest absolute Gasteiger partial charge is 0.110 e. The molecule has 0 N–H and O–H groups in total. The molecular weight excluding hydrogens is 352 g/mol. The van der Waals surface area contributed by atoms with Crippen molar-refractivity contribution in [1.82, 2.24) is 0 Å². The van der Waals surface area contributed by atoms with E-state index in [0.29, 0.717) is 0 Å².